The molecule has 0 heterocycles. The smallest absolute Gasteiger partial charge is 0.196 e. The van der Waals surface area contributed by atoms with Crippen LogP contribution in [0.15, 0.2) is 43.0 Å². The number of Topliss-reactive ketones (excluding diaryl/α,β-unsaturated/α-hetero) is 1. The van der Waals surface area contributed by atoms with Gasteiger partial charge in [-0.15, -0.1) is 0 Å². The summed E-state index contributed by atoms with van der Waals surface area (Å²) in [6, 6.07) is 6.84. The van der Waals surface area contributed by atoms with Gasteiger partial charge in [0, 0.05) is 20.8 Å². The molecule has 0 saturated heterocycles. The molecule has 0 aliphatic heterocycles. The van der Waals surface area contributed by atoms with E-state index < -0.39 is 23.2 Å². The van der Waals surface area contributed by atoms with E-state index in [9.17, 15) is 18.0 Å². The van der Waals surface area contributed by atoms with Crippen molar-refractivity contribution in [2.45, 2.75) is 0 Å². The fourth-order valence-electron chi connectivity index (χ4n) is 1.69. The number of allylic oxidation sites excluding steroid dienone is 1. The highest BCUT2D eigenvalue weighted by Crippen LogP contribution is 2.23. The Morgan fingerprint density at radius 1 is 0.950 bits per heavy atom. The number of ketones is 1. The zero-order valence-electron chi connectivity index (χ0n) is 10.1. The molecule has 0 aromatic heterocycles. The first-order valence-electron chi connectivity index (χ1n) is 5.54. The van der Waals surface area contributed by atoms with Crippen LogP contribution in [0.2, 0.25) is 0 Å². The fraction of sp³-hybridized carbons (Fsp3) is 0. The molecular formula is C15H8F3IO. The Morgan fingerprint density at radius 2 is 1.55 bits per heavy atom. The van der Waals surface area contributed by atoms with Crippen molar-refractivity contribution in [2.24, 2.45) is 0 Å². The molecule has 0 bridgehead atoms. The summed E-state index contributed by atoms with van der Waals surface area (Å²) in [5.41, 5.74) is -0.559. The van der Waals surface area contributed by atoms with Gasteiger partial charge in [-0.25, -0.2) is 13.2 Å². The van der Waals surface area contributed by atoms with Crippen molar-refractivity contribution in [1.29, 1.82) is 0 Å². The van der Waals surface area contributed by atoms with E-state index in [0.717, 1.165) is 12.1 Å². The second-order valence-corrected chi connectivity index (χ2v) is 5.30. The number of halogens is 4. The van der Waals surface area contributed by atoms with E-state index >= 15 is 0 Å². The van der Waals surface area contributed by atoms with Crippen molar-refractivity contribution in [3.63, 3.8) is 0 Å². The van der Waals surface area contributed by atoms with Gasteiger partial charge in [-0.2, -0.15) is 0 Å². The van der Waals surface area contributed by atoms with Crippen LogP contribution in [0.5, 0.6) is 0 Å². The van der Waals surface area contributed by atoms with Gasteiger partial charge in [0.15, 0.2) is 5.78 Å². The summed E-state index contributed by atoms with van der Waals surface area (Å²) in [5, 5.41) is 0. The number of hydrogen-bond acceptors (Lipinski definition) is 1. The lowest BCUT2D eigenvalue weighted by atomic mass is 9.97. The Bertz CT molecular complexity index is 649. The third kappa shape index (κ3) is 2.92. The second kappa shape index (κ2) is 5.78. The van der Waals surface area contributed by atoms with Crippen LogP contribution in [-0.4, -0.2) is 5.78 Å². The van der Waals surface area contributed by atoms with E-state index in [0.29, 0.717) is 9.64 Å². The van der Waals surface area contributed by atoms with Crippen LogP contribution in [0, 0.1) is 21.0 Å². The van der Waals surface area contributed by atoms with Crippen LogP contribution in [0.4, 0.5) is 13.2 Å². The molecule has 5 heteroatoms. The first kappa shape index (κ1) is 14.8. The zero-order chi connectivity index (χ0) is 14.9. The van der Waals surface area contributed by atoms with Gasteiger partial charge in [0.05, 0.1) is 5.56 Å². The molecule has 2 rings (SSSR count). The van der Waals surface area contributed by atoms with E-state index in [1.54, 1.807) is 6.07 Å². The van der Waals surface area contributed by atoms with Gasteiger partial charge in [0.1, 0.15) is 17.5 Å². The SMILES string of the molecule is C=C(C(=O)c1ccc(I)cc1F)c1ccc(F)cc1F. The zero-order valence-corrected chi connectivity index (χ0v) is 12.2. The molecule has 0 N–H and O–H groups in total. The number of carbonyl (C=O) groups excluding carboxylic acids is 1. The minimum Gasteiger partial charge on any atom is -0.288 e. The highest BCUT2D eigenvalue weighted by atomic mass is 127. The maximum Gasteiger partial charge on any atom is 0.196 e. The molecule has 0 saturated carbocycles. The molecule has 0 aliphatic rings. The lowest BCUT2D eigenvalue weighted by Gasteiger charge is -2.08. The quantitative estimate of drug-likeness (QED) is 0.427. The molecule has 0 fully saturated rings. The highest BCUT2D eigenvalue weighted by Gasteiger charge is 2.19. The molecule has 0 amide bonds. The van der Waals surface area contributed by atoms with E-state index in [1.807, 2.05) is 22.6 Å². The average Bonchev–Trinajstić information content (AvgIpc) is 2.37. The summed E-state index contributed by atoms with van der Waals surface area (Å²) in [7, 11) is 0. The Labute approximate surface area is 127 Å². The standard InChI is InChI=1S/C15H8F3IO/c1-8(11-4-2-9(16)6-13(11)17)15(20)12-5-3-10(19)7-14(12)18/h2-7H,1H2. The fourth-order valence-corrected chi connectivity index (χ4v) is 2.15. The molecule has 0 radical (unpaired) electrons. The second-order valence-electron chi connectivity index (χ2n) is 4.06. The highest BCUT2D eigenvalue weighted by molar-refractivity contribution is 14.1. The van der Waals surface area contributed by atoms with Crippen molar-refractivity contribution < 1.29 is 18.0 Å². The van der Waals surface area contributed by atoms with Crippen LogP contribution in [0.3, 0.4) is 0 Å². The van der Waals surface area contributed by atoms with Gasteiger partial charge < -0.3 is 0 Å². The molecular weight excluding hydrogens is 380 g/mol. The predicted octanol–water partition coefficient (Wildman–Crippen LogP) is 4.60. The van der Waals surface area contributed by atoms with Crippen LogP contribution in [0.25, 0.3) is 5.57 Å². The molecule has 20 heavy (non-hydrogen) atoms. The maximum atomic E-state index is 13.7. The van der Waals surface area contributed by atoms with Crippen LogP contribution in [0.1, 0.15) is 15.9 Å². The Kier molecular flexibility index (Phi) is 4.27. The predicted molar refractivity (Wildman–Crippen MR) is 78.8 cm³/mol. The van der Waals surface area contributed by atoms with Crippen LogP contribution in [-0.2, 0) is 0 Å². The van der Waals surface area contributed by atoms with E-state index in [1.165, 1.54) is 12.1 Å². The Balaban J connectivity index is 2.40. The van der Waals surface area contributed by atoms with Crippen molar-refractivity contribution >= 4 is 33.9 Å². The largest absolute Gasteiger partial charge is 0.288 e. The van der Waals surface area contributed by atoms with E-state index in [2.05, 4.69) is 6.58 Å². The van der Waals surface area contributed by atoms with Gasteiger partial charge in [0.25, 0.3) is 0 Å². The van der Waals surface area contributed by atoms with Crippen LogP contribution < -0.4 is 0 Å². The first-order valence-corrected chi connectivity index (χ1v) is 6.62. The van der Waals surface area contributed by atoms with Crippen molar-refractivity contribution in [2.75, 3.05) is 0 Å². The molecule has 102 valence electrons. The monoisotopic (exact) mass is 388 g/mol. The minimum absolute atomic E-state index is 0.144. The lowest BCUT2D eigenvalue weighted by Crippen LogP contribution is -2.06. The van der Waals surface area contributed by atoms with Crippen LogP contribution >= 0.6 is 22.6 Å². The topological polar surface area (TPSA) is 17.1 Å². The van der Waals surface area contributed by atoms with Crippen molar-refractivity contribution in [3.05, 3.63) is 75.1 Å². The van der Waals surface area contributed by atoms with Crippen molar-refractivity contribution in [1.82, 2.24) is 0 Å². The first-order chi connectivity index (χ1) is 9.40. The third-order valence-electron chi connectivity index (χ3n) is 2.71. The summed E-state index contributed by atoms with van der Waals surface area (Å²) < 4.78 is 40.8. The van der Waals surface area contributed by atoms with E-state index in [-0.39, 0.29) is 16.7 Å². The summed E-state index contributed by atoms with van der Waals surface area (Å²) in [4.78, 5) is 12.1. The molecule has 0 aliphatic carbocycles. The molecule has 0 unspecified atom stereocenters. The molecule has 2 aromatic carbocycles. The van der Waals surface area contributed by atoms with E-state index in [4.69, 9.17) is 0 Å². The van der Waals surface area contributed by atoms with Gasteiger partial charge in [0.2, 0.25) is 0 Å². The lowest BCUT2D eigenvalue weighted by molar-refractivity contribution is 0.105. The maximum absolute atomic E-state index is 13.7. The third-order valence-corrected chi connectivity index (χ3v) is 3.38. The number of benzene rings is 2. The number of hydrogen-bond donors (Lipinski definition) is 0. The van der Waals surface area contributed by atoms with Crippen molar-refractivity contribution in [3.8, 4) is 0 Å². The summed E-state index contributed by atoms with van der Waals surface area (Å²) >= 11 is 1.91. The van der Waals surface area contributed by atoms with Gasteiger partial charge in [-0.1, -0.05) is 6.58 Å². The number of rotatable bonds is 3. The Morgan fingerprint density at radius 3 is 2.15 bits per heavy atom. The molecule has 2 aromatic rings. The van der Waals surface area contributed by atoms with Gasteiger partial charge >= 0.3 is 0 Å². The minimum atomic E-state index is -0.908. The molecule has 0 spiro atoms. The summed E-state index contributed by atoms with van der Waals surface area (Å²) in [6.45, 7) is 3.47. The average molecular weight is 388 g/mol. The normalized spacial score (nSPS) is 10.4. The van der Waals surface area contributed by atoms with Gasteiger partial charge in [-0.3, -0.25) is 4.79 Å². The molecule has 1 nitrogen and oxygen atoms in total. The number of carbonyl (C=O) groups is 1. The van der Waals surface area contributed by atoms with Gasteiger partial charge in [-0.05, 0) is 52.9 Å². The summed E-state index contributed by atoms with van der Waals surface area (Å²) in [5.74, 6) is -3.10. The molecule has 0 atom stereocenters. The Hall–Kier alpha value is -1.63. The summed E-state index contributed by atoms with van der Waals surface area (Å²) in [6.07, 6.45) is 0.